The van der Waals surface area contributed by atoms with Crippen LogP contribution in [0, 0.1) is 5.92 Å². The van der Waals surface area contributed by atoms with Crippen molar-refractivity contribution in [1.82, 2.24) is 10.2 Å². The minimum Gasteiger partial charge on any atom is -0.369 e. The van der Waals surface area contributed by atoms with E-state index in [1.807, 2.05) is 0 Å². The number of likely N-dealkylation sites (tertiary alicyclic amines) is 1. The van der Waals surface area contributed by atoms with E-state index in [0.717, 1.165) is 32.4 Å². The second-order valence-electron chi connectivity index (χ2n) is 5.92. The molecule has 1 fully saturated rings. The lowest BCUT2D eigenvalue weighted by Crippen LogP contribution is -2.45. The smallest absolute Gasteiger partial charge is 0.234 e. The van der Waals surface area contributed by atoms with Crippen LogP contribution in [0.1, 0.15) is 52.4 Å². The molecule has 3 N–H and O–H groups in total. The molecular weight excluding hydrogens is 254 g/mol. The third kappa shape index (κ3) is 6.37. The van der Waals surface area contributed by atoms with Crippen LogP contribution in [0.3, 0.4) is 0 Å². The van der Waals surface area contributed by atoms with E-state index in [9.17, 15) is 9.59 Å². The van der Waals surface area contributed by atoms with Crippen LogP contribution in [0.5, 0.6) is 0 Å². The summed E-state index contributed by atoms with van der Waals surface area (Å²) in [6.07, 6.45) is 6.19. The largest absolute Gasteiger partial charge is 0.369 e. The van der Waals surface area contributed by atoms with Gasteiger partial charge in [0.25, 0.3) is 0 Å². The molecule has 0 radical (unpaired) electrons. The molecule has 5 nitrogen and oxygen atoms in total. The molecule has 0 saturated carbocycles. The van der Waals surface area contributed by atoms with E-state index in [1.165, 1.54) is 19.3 Å². The number of nitrogens with zero attached hydrogens (tertiary/aromatic N) is 1. The van der Waals surface area contributed by atoms with E-state index in [4.69, 9.17) is 5.73 Å². The van der Waals surface area contributed by atoms with Crippen molar-refractivity contribution in [3.63, 3.8) is 0 Å². The number of carbonyl (C=O) groups excluding carboxylic acids is 2. The molecule has 1 heterocycles. The van der Waals surface area contributed by atoms with Crippen molar-refractivity contribution in [3.8, 4) is 0 Å². The van der Waals surface area contributed by atoms with Crippen LogP contribution in [0.2, 0.25) is 0 Å². The fourth-order valence-corrected chi connectivity index (χ4v) is 2.67. The molecule has 1 atom stereocenters. The van der Waals surface area contributed by atoms with Crippen molar-refractivity contribution in [2.24, 2.45) is 11.7 Å². The van der Waals surface area contributed by atoms with E-state index in [1.54, 1.807) is 0 Å². The Balaban J connectivity index is 2.18. The second-order valence-corrected chi connectivity index (χ2v) is 5.92. The molecule has 2 amide bonds. The van der Waals surface area contributed by atoms with Gasteiger partial charge in [-0.2, -0.15) is 0 Å². The van der Waals surface area contributed by atoms with Gasteiger partial charge >= 0.3 is 0 Å². The Bertz CT molecular complexity index is 312. The van der Waals surface area contributed by atoms with E-state index in [0.29, 0.717) is 6.54 Å². The highest BCUT2D eigenvalue weighted by Crippen LogP contribution is 2.16. The van der Waals surface area contributed by atoms with Crippen molar-refractivity contribution in [1.29, 1.82) is 0 Å². The molecule has 20 heavy (non-hydrogen) atoms. The van der Waals surface area contributed by atoms with Gasteiger partial charge in [0.15, 0.2) is 0 Å². The molecule has 0 aromatic carbocycles. The summed E-state index contributed by atoms with van der Waals surface area (Å²) in [4.78, 5) is 25.1. The summed E-state index contributed by atoms with van der Waals surface area (Å²) in [5, 5.41) is 3.05. The zero-order valence-corrected chi connectivity index (χ0v) is 12.9. The fourth-order valence-electron chi connectivity index (χ4n) is 2.67. The number of rotatable bonds is 8. The Hall–Kier alpha value is -1.10. The Morgan fingerprint density at radius 3 is 2.50 bits per heavy atom. The predicted octanol–water partition coefficient (Wildman–Crippen LogP) is 1.27. The number of primary amides is 1. The van der Waals surface area contributed by atoms with Crippen molar-refractivity contribution in [3.05, 3.63) is 0 Å². The van der Waals surface area contributed by atoms with Crippen molar-refractivity contribution < 1.29 is 9.59 Å². The summed E-state index contributed by atoms with van der Waals surface area (Å²) in [6, 6.07) is 0.247. The van der Waals surface area contributed by atoms with Gasteiger partial charge in [-0.25, -0.2) is 0 Å². The molecule has 0 aromatic heterocycles. The number of nitrogens with two attached hydrogens (primary N) is 1. The van der Waals surface area contributed by atoms with Gasteiger partial charge in [-0.05, 0) is 39.3 Å². The zero-order chi connectivity index (χ0) is 15.0. The summed E-state index contributed by atoms with van der Waals surface area (Å²) >= 11 is 0. The molecule has 1 saturated heterocycles. The van der Waals surface area contributed by atoms with Crippen molar-refractivity contribution >= 4 is 11.8 Å². The third-order valence-corrected chi connectivity index (χ3v) is 4.01. The number of carbonyl (C=O) groups is 2. The second kappa shape index (κ2) is 8.95. The Kier molecular flexibility index (Phi) is 7.59. The lowest BCUT2D eigenvalue weighted by atomic mass is 9.96. The standard InChI is InChI=1S/C15H29N3O2/c1-3-4-5-6-12(2)17-14(19)11-18-9-7-13(8-10-18)15(16)20/h12-13H,3-11H2,1-2H3,(H2,16,20)(H,17,19)/t12-/m0/s1. The van der Waals surface area contributed by atoms with Crippen LogP contribution in [0.4, 0.5) is 0 Å². The van der Waals surface area contributed by atoms with Crippen molar-refractivity contribution in [2.45, 2.75) is 58.4 Å². The summed E-state index contributed by atoms with van der Waals surface area (Å²) in [5.41, 5.74) is 5.30. The molecule has 0 spiro atoms. The third-order valence-electron chi connectivity index (χ3n) is 4.01. The molecule has 1 aliphatic rings. The van der Waals surface area contributed by atoms with Crippen LogP contribution in [-0.4, -0.2) is 42.4 Å². The van der Waals surface area contributed by atoms with Crippen LogP contribution in [-0.2, 0) is 9.59 Å². The molecule has 0 unspecified atom stereocenters. The van der Waals surface area contributed by atoms with Crippen LogP contribution >= 0.6 is 0 Å². The quantitative estimate of drug-likeness (QED) is 0.659. The van der Waals surface area contributed by atoms with Crippen molar-refractivity contribution in [2.75, 3.05) is 19.6 Å². The first-order valence-electron chi connectivity index (χ1n) is 7.84. The number of hydrogen-bond acceptors (Lipinski definition) is 3. The maximum Gasteiger partial charge on any atom is 0.234 e. The number of unbranched alkanes of at least 4 members (excludes halogenated alkanes) is 2. The average Bonchev–Trinajstić information content (AvgIpc) is 2.39. The zero-order valence-electron chi connectivity index (χ0n) is 12.9. The van der Waals surface area contributed by atoms with Gasteiger partial charge in [0.05, 0.1) is 6.54 Å². The molecule has 1 rings (SSSR count). The number of amides is 2. The van der Waals surface area contributed by atoms with Crippen LogP contribution in [0.25, 0.3) is 0 Å². The van der Waals surface area contributed by atoms with Gasteiger partial charge in [0.2, 0.25) is 11.8 Å². The van der Waals surface area contributed by atoms with E-state index >= 15 is 0 Å². The molecular formula is C15H29N3O2. The molecule has 116 valence electrons. The average molecular weight is 283 g/mol. The predicted molar refractivity (Wildman–Crippen MR) is 80.1 cm³/mol. The molecule has 0 bridgehead atoms. The minimum atomic E-state index is -0.210. The summed E-state index contributed by atoms with van der Waals surface area (Å²) in [5.74, 6) is -0.132. The van der Waals surface area contributed by atoms with E-state index in [2.05, 4.69) is 24.1 Å². The maximum atomic E-state index is 11.9. The van der Waals surface area contributed by atoms with Crippen LogP contribution < -0.4 is 11.1 Å². The van der Waals surface area contributed by atoms with Gasteiger partial charge < -0.3 is 11.1 Å². The highest BCUT2D eigenvalue weighted by Gasteiger charge is 2.24. The molecule has 1 aliphatic heterocycles. The maximum absolute atomic E-state index is 11.9. The topological polar surface area (TPSA) is 75.4 Å². The van der Waals surface area contributed by atoms with Gasteiger partial charge in [-0.3, -0.25) is 14.5 Å². The Morgan fingerprint density at radius 1 is 1.30 bits per heavy atom. The summed E-state index contributed by atoms with van der Waals surface area (Å²) < 4.78 is 0. The van der Waals surface area contributed by atoms with Gasteiger partial charge in [0, 0.05) is 12.0 Å². The minimum absolute atomic E-state index is 0.0118. The summed E-state index contributed by atoms with van der Waals surface area (Å²) in [6.45, 7) is 6.24. The van der Waals surface area contributed by atoms with Gasteiger partial charge in [-0.15, -0.1) is 0 Å². The first-order chi connectivity index (χ1) is 9.52. The van der Waals surface area contributed by atoms with Crippen LogP contribution in [0.15, 0.2) is 0 Å². The Morgan fingerprint density at radius 2 is 1.95 bits per heavy atom. The summed E-state index contributed by atoms with van der Waals surface area (Å²) in [7, 11) is 0. The first-order valence-corrected chi connectivity index (χ1v) is 7.84. The molecule has 5 heteroatoms. The number of nitrogens with one attached hydrogen (secondary N) is 1. The lowest BCUT2D eigenvalue weighted by Gasteiger charge is -2.30. The van der Waals surface area contributed by atoms with Gasteiger partial charge in [0.1, 0.15) is 0 Å². The van der Waals surface area contributed by atoms with E-state index < -0.39 is 0 Å². The first kappa shape index (κ1) is 17.0. The van der Waals surface area contributed by atoms with Gasteiger partial charge in [-0.1, -0.05) is 26.2 Å². The lowest BCUT2D eigenvalue weighted by molar-refractivity contribution is -0.124. The molecule has 0 aromatic rings. The Labute approximate surface area is 122 Å². The number of piperidine rings is 1. The fraction of sp³-hybridized carbons (Fsp3) is 0.867. The highest BCUT2D eigenvalue weighted by atomic mass is 16.2. The number of hydrogen-bond donors (Lipinski definition) is 2. The SMILES string of the molecule is CCCCC[C@H](C)NC(=O)CN1CCC(C(N)=O)CC1. The normalized spacial score (nSPS) is 18.7. The van der Waals surface area contributed by atoms with E-state index in [-0.39, 0.29) is 23.8 Å². The molecule has 0 aliphatic carbocycles. The monoisotopic (exact) mass is 283 g/mol. The highest BCUT2D eigenvalue weighted by molar-refractivity contribution is 5.78.